The van der Waals surface area contributed by atoms with Crippen molar-refractivity contribution in [1.82, 2.24) is 10.2 Å². The number of nitrogens with one attached hydrogen (secondary N) is 1. The molecule has 0 unspecified atom stereocenters. The maximum absolute atomic E-state index is 12.1. The van der Waals surface area contributed by atoms with Crippen LogP contribution in [-0.4, -0.2) is 59.4 Å². The Morgan fingerprint density at radius 3 is 2.50 bits per heavy atom. The van der Waals surface area contributed by atoms with Crippen LogP contribution < -0.4 is 5.32 Å². The van der Waals surface area contributed by atoms with Gasteiger partial charge in [-0.05, 0) is 52.2 Å². The topological polar surface area (TPSA) is 72.8 Å². The number of carbonyl (C=O) groups excluding carboxylic acids is 1. The molecule has 0 radical (unpaired) electrons. The molecule has 0 bridgehead atoms. The molecule has 2 fully saturated rings. The first kappa shape index (κ1) is 13.8. The van der Waals surface area contributed by atoms with E-state index in [1.165, 1.54) is 0 Å². The number of carbonyl (C=O) groups is 1. The molecule has 1 amide bonds. The summed E-state index contributed by atoms with van der Waals surface area (Å²) in [4.78, 5) is 14.3. The lowest BCUT2D eigenvalue weighted by Crippen LogP contribution is -2.53. The second-order valence-corrected chi connectivity index (χ2v) is 5.68. The monoisotopic (exact) mass is 256 g/mol. The standard InChI is InChI=1S/C13H24N2O3/c1-15-7-5-9(6-8-15)13(18)14-10-3-2-4-11(16)12(10)17/h9-12,16-17H,2-8H2,1H3,(H,14,18)/t10-,11-,12-/m1/s1. The summed E-state index contributed by atoms with van der Waals surface area (Å²) in [6.45, 7) is 1.90. The quantitative estimate of drug-likeness (QED) is 0.635. The molecule has 0 spiro atoms. The highest BCUT2D eigenvalue weighted by atomic mass is 16.3. The predicted molar refractivity (Wildman–Crippen MR) is 68.0 cm³/mol. The molecule has 0 aromatic heterocycles. The smallest absolute Gasteiger partial charge is 0.223 e. The SMILES string of the molecule is CN1CCC(C(=O)N[C@@H]2CCC[C@@H](O)[C@@H]2O)CC1. The number of hydrogen-bond acceptors (Lipinski definition) is 4. The molecule has 2 aliphatic rings. The van der Waals surface area contributed by atoms with E-state index in [0.29, 0.717) is 6.42 Å². The third kappa shape index (κ3) is 3.22. The lowest BCUT2D eigenvalue weighted by Gasteiger charge is -2.34. The van der Waals surface area contributed by atoms with Crippen LogP contribution in [0.2, 0.25) is 0 Å². The van der Waals surface area contributed by atoms with Gasteiger partial charge in [-0.25, -0.2) is 0 Å². The van der Waals surface area contributed by atoms with Gasteiger partial charge in [0.25, 0.3) is 0 Å². The van der Waals surface area contributed by atoms with Crippen LogP contribution in [0, 0.1) is 5.92 Å². The molecule has 18 heavy (non-hydrogen) atoms. The zero-order chi connectivity index (χ0) is 13.1. The molecule has 1 aliphatic carbocycles. The van der Waals surface area contributed by atoms with E-state index in [1.54, 1.807) is 0 Å². The number of nitrogens with zero attached hydrogens (tertiary/aromatic N) is 1. The number of rotatable bonds is 2. The van der Waals surface area contributed by atoms with Gasteiger partial charge in [0, 0.05) is 5.92 Å². The minimum atomic E-state index is -0.811. The number of aliphatic hydroxyl groups excluding tert-OH is 2. The minimum absolute atomic E-state index is 0.0428. The molecule has 3 N–H and O–H groups in total. The van der Waals surface area contributed by atoms with Gasteiger partial charge in [-0.1, -0.05) is 0 Å². The van der Waals surface area contributed by atoms with Crippen molar-refractivity contribution in [3.8, 4) is 0 Å². The summed E-state index contributed by atoms with van der Waals surface area (Å²) in [7, 11) is 2.06. The second-order valence-electron chi connectivity index (χ2n) is 5.68. The minimum Gasteiger partial charge on any atom is -0.390 e. The maximum atomic E-state index is 12.1. The van der Waals surface area contributed by atoms with Crippen LogP contribution >= 0.6 is 0 Å². The van der Waals surface area contributed by atoms with E-state index >= 15 is 0 Å². The Morgan fingerprint density at radius 2 is 1.83 bits per heavy atom. The van der Waals surface area contributed by atoms with Crippen molar-refractivity contribution in [3.63, 3.8) is 0 Å². The molecule has 1 heterocycles. The average Bonchev–Trinajstić information content (AvgIpc) is 2.36. The Labute approximate surface area is 108 Å². The van der Waals surface area contributed by atoms with Gasteiger partial charge in [-0.15, -0.1) is 0 Å². The number of aliphatic hydroxyl groups is 2. The van der Waals surface area contributed by atoms with Gasteiger partial charge in [0.1, 0.15) is 0 Å². The summed E-state index contributed by atoms with van der Waals surface area (Å²) in [6.07, 6.45) is 2.51. The highest BCUT2D eigenvalue weighted by molar-refractivity contribution is 5.79. The van der Waals surface area contributed by atoms with Crippen molar-refractivity contribution in [2.45, 2.75) is 50.4 Å². The number of hydrogen-bond donors (Lipinski definition) is 3. The summed E-state index contributed by atoms with van der Waals surface area (Å²) in [5.41, 5.74) is 0. The van der Waals surface area contributed by atoms with Gasteiger partial charge in [-0.3, -0.25) is 4.79 Å². The molecule has 3 atom stereocenters. The Morgan fingerprint density at radius 1 is 1.17 bits per heavy atom. The van der Waals surface area contributed by atoms with E-state index in [0.717, 1.165) is 38.8 Å². The van der Waals surface area contributed by atoms with Crippen molar-refractivity contribution >= 4 is 5.91 Å². The molecule has 1 saturated heterocycles. The summed E-state index contributed by atoms with van der Waals surface area (Å²) in [5.74, 6) is 0.105. The molecule has 0 aromatic carbocycles. The van der Waals surface area contributed by atoms with E-state index in [2.05, 4.69) is 17.3 Å². The van der Waals surface area contributed by atoms with Crippen molar-refractivity contribution < 1.29 is 15.0 Å². The van der Waals surface area contributed by atoms with Gasteiger partial charge >= 0.3 is 0 Å². The molecule has 0 aromatic rings. The van der Waals surface area contributed by atoms with Gasteiger partial charge in [0.15, 0.2) is 0 Å². The van der Waals surface area contributed by atoms with Crippen molar-refractivity contribution in [1.29, 1.82) is 0 Å². The highest BCUT2D eigenvalue weighted by Crippen LogP contribution is 2.21. The fourth-order valence-electron chi connectivity index (χ4n) is 2.89. The second kappa shape index (κ2) is 5.99. The zero-order valence-electron chi connectivity index (χ0n) is 11.0. The lowest BCUT2D eigenvalue weighted by atomic mass is 9.89. The molecule has 104 valence electrons. The van der Waals surface area contributed by atoms with Gasteiger partial charge < -0.3 is 20.4 Å². The molecule has 1 aliphatic heterocycles. The van der Waals surface area contributed by atoms with Gasteiger partial charge in [0.05, 0.1) is 18.2 Å². The number of likely N-dealkylation sites (tertiary alicyclic amines) is 1. The summed E-state index contributed by atoms with van der Waals surface area (Å²) >= 11 is 0. The van der Waals surface area contributed by atoms with Crippen LogP contribution in [-0.2, 0) is 4.79 Å². The third-order valence-corrected chi connectivity index (χ3v) is 4.24. The Hall–Kier alpha value is -0.650. The van der Waals surface area contributed by atoms with Crippen molar-refractivity contribution in [3.05, 3.63) is 0 Å². The summed E-state index contributed by atoms with van der Waals surface area (Å²) in [5, 5.41) is 22.4. The normalized spacial score (nSPS) is 35.4. The van der Waals surface area contributed by atoms with Crippen LogP contribution in [0.5, 0.6) is 0 Å². The van der Waals surface area contributed by atoms with Crippen molar-refractivity contribution in [2.24, 2.45) is 5.92 Å². The summed E-state index contributed by atoms with van der Waals surface area (Å²) in [6, 6.07) is -0.277. The number of amides is 1. The van der Waals surface area contributed by atoms with Crippen LogP contribution in [0.25, 0.3) is 0 Å². The fourth-order valence-corrected chi connectivity index (χ4v) is 2.89. The van der Waals surface area contributed by atoms with Crippen LogP contribution in [0.3, 0.4) is 0 Å². The maximum Gasteiger partial charge on any atom is 0.223 e. The average molecular weight is 256 g/mol. The summed E-state index contributed by atoms with van der Waals surface area (Å²) < 4.78 is 0. The molecule has 5 nitrogen and oxygen atoms in total. The first-order valence-electron chi connectivity index (χ1n) is 6.93. The molecule has 2 rings (SSSR count). The Kier molecular flexibility index (Phi) is 4.59. The van der Waals surface area contributed by atoms with E-state index in [9.17, 15) is 15.0 Å². The molecule has 1 saturated carbocycles. The molecular weight excluding hydrogens is 232 g/mol. The van der Waals surface area contributed by atoms with Gasteiger partial charge in [0.2, 0.25) is 5.91 Å². The number of piperidine rings is 1. The van der Waals surface area contributed by atoms with Crippen LogP contribution in [0.4, 0.5) is 0 Å². The first-order valence-corrected chi connectivity index (χ1v) is 6.93. The highest BCUT2D eigenvalue weighted by Gasteiger charge is 2.33. The Balaban J connectivity index is 1.83. The third-order valence-electron chi connectivity index (χ3n) is 4.24. The lowest BCUT2D eigenvalue weighted by molar-refractivity contribution is -0.129. The van der Waals surface area contributed by atoms with Crippen molar-refractivity contribution in [2.75, 3.05) is 20.1 Å². The first-order chi connectivity index (χ1) is 8.58. The molecule has 5 heteroatoms. The largest absolute Gasteiger partial charge is 0.390 e. The fraction of sp³-hybridized carbons (Fsp3) is 0.923. The molecular formula is C13H24N2O3. The van der Waals surface area contributed by atoms with E-state index < -0.39 is 12.2 Å². The zero-order valence-corrected chi connectivity index (χ0v) is 11.0. The van der Waals surface area contributed by atoms with E-state index in [1.807, 2.05) is 0 Å². The van der Waals surface area contributed by atoms with E-state index in [4.69, 9.17) is 0 Å². The van der Waals surface area contributed by atoms with Crippen LogP contribution in [0.1, 0.15) is 32.1 Å². The predicted octanol–water partition coefficient (Wildman–Crippen LogP) is -0.281. The Bertz CT molecular complexity index is 290. The van der Waals surface area contributed by atoms with E-state index in [-0.39, 0.29) is 17.9 Å². The van der Waals surface area contributed by atoms with Crippen LogP contribution in [0.15, 0.2) is 0 Å². The van der Waals surface area contributed by atoms with Gasteiger partial charge in [-0.2, -0.15) is 0 Å².